The van der Waals surface area contributed by atoms with Gasteiger partial charge in [-0.15, -0.1) is 0 Å². The molecule has 6 saturated heterocycles. The van der Waals surface area contributed by atoms with Gasteiger partial charge in [-0.1, -0.05) is 38.0 Å². The summed E-state index contributed by atoms with van der Waals surface area (Å²) in [6.07, 6.45) is -17.7. The van der Waals surface area contributed by atoms with Crippen molar-refractivity contribution in [3.05, 3.63) is 87.4 Å². The number of imide groups is 6. The smallest absolute Gasteiger partial charge is 0.364 e. The Kier molecular flexibility index (Phi) is 17.3. The minimum atomic E-state index is -4.88. The SMILES string of the molecule is CC[C@@H]1O[C@H](C(F)(F)F)CN2c3c(F)cc(C(C)=O)cc3CC3(C(=O)NC(=O)NC3=O)[C@@H]12.CC[C@@H]1O[C@H](C(F)(F)F)CN2c3c(cc(-c4noc(C)n4)c(F)c3F)CC3(C(=O)NC(=O)NC3=O)[C@@H]12.Cc1nc(-c2cc3c(c(F)c2F)N2C[C@@H](C)C[C@@H](C)[C@@H]2C2(C3)C(=O)NC(=O)NC2=O)no1. The van der Waals surface area contributed by atoms with Crippen LogP contribution < -0.4 is 46.6 Å². The van der Waals surface area contributed by atoms with Gasteiger partial charge in [0.15, 0.2) is 57.5 Å². The average Bonchev–Trinajstić information content (AvgIpc) is 0.813. The van der Waals surface area contributed by atoms with E-state index in [2.05, 4.69) is 30.9 Å². The van der Waals surface area contributed by atoms with E-state index in [1.807, 2.05) is 35.1 Å². The number of halogens is 11. The fourth-order valence-corrected chi connectivity index (χ4v) is 15.7. The van der Waals surface area contributed by atoms with Crippen LogP contribution in [0, 0.1) is 71.0 Å². The Morgan fingerprint density at radius 1 is 0.520 bits per heavy atom. The molecular weight excluding hydrogens is 1360 g/mol. The second-order valence-corrected chi connectivity index (χ2v) is 25.9. The molecule has 9 aliphatic heterocycles. The number of morpholine rings is 2. The van der Waals surface area contributed by atoms with Crippen LogP contribution in [0.1, 0.15) is 92.7 Å². The number of carbonyl (C=O) groups is 10. The molecule has 532 valence electrons. The summed E-state index contributed by atoms with van der Waals surface area (Å²) < 4.78 is 179. The molecule has 11 heterocycles. The van der Waals surface area contributed by atoms with Crippen molar-refractivity contribution in [2.45, 2.75) is 142 Å². The number of amides is 12. The number of fused-ring (bicyclic) bond motifs is 12. The number of anilines is 3. The fraction of sp³-hybridized carbons (Fsp3) is 0.484. The zero-order valence-electron chi connectivity index (χ0n) is 53.4. The van der Waals surface area contributed by atoms with Gasteiger partial charge in [0.25, 0.3) is 0 Å². The van der Waals surface area contributed by atoms with Gasteiger partial charge in [0, 0.05) is 38.8 Å². The van der Waals surface area contributed by atoms with Gasteiger partial charge in [0.05, 0.1) is 71.6 Å². The predicted octanol–water partition coefficient (Wildman–Crippen LogP) is 6.08. The summed E-state index contributed by atoms with van der Waals surface area (Å²) in [5.41, 5.74) is -7.30. The van der Waals surface area contributed by atoms with E-state index >= 15 is 22.0 Å². The molecule has 27 nitrogen and oxygen atoms in total. The maximum Gasteiger partial charge on any atom is 0.416 e. The summed E-state index contributed by atoms with van der Waals surface area (Å²) in [5.74, 6) is -12.7. The third-order valence-electron chi connectivity index (χ3n) is 19.7. The van der Waals surface area contributed by atoms with E-state index in [4.69, 9.17) is 18.5 Å². The molecule has 38 heteroatoms. The zero-order chi connectivity index (χ0) is 72.7. The normalized spacial score (nSPS) is 26.2. The molecule has 12 amide bonds. The molecular formula is C62H58F11N13O14. The number of aromatic nitrogens is 4. The number of alkyl halides is 6. The topological polar surface area (TPSA) is 349 Å². The van der Waals surface area contributed by atoms with Crippen molar-refractivity contribution in [3.63, 3.8) is 0 Å². The number of hydrogen-bond acceptors (Lipinski definition) is 21. The molecule has 0 bridgehead atoms. The van der Waals surface area contributed by atoms with Gasteiger partial charge in [-0.25, -0.2) is 36.3 Å². The fourth-order valence-electron chi connectivity index (χ4n) is 15.7. The first-order valence-corrected chi connectivity index (χ1v) is 31.1. The van der Waals surface area contributed by atoms with Crippen molar-refractivity contribution in [1.82, 2.24) is 52.2 Å². The number of rotatable bonds is 5. The molecule has 2 aromatic heterocycles. The number of nitrogens with one attached hydrogen (secondary N) is 6. The van der Waals surface area contributed by atoms with E-state index in [9.17, 15) is 74.3 Å². The van der Waals surface area contributed by atoms with Crippen LogP contribution in [-0.4, -0.2) is 154 Å². The second kappa shape index (κ2) is 24.7. The maximum atomic E-state index is 15.6. The highest BCUT2D eigenvalue weighted by molar-refractivity contribution is 6.22. The zero-order valence-corrected chi connectivity index (χ0v) is 53.4. The lowest BCUT2D eigenvalue weighted by Crippen LogP contribution is -2.76. The quantitative estimate of drug-likeness (QED) is 0.0659. The Balaban J connectivity index is 0.000000143. The summed E-state index contributed by atoms with van der Waals surface area (Å²) in [6, 6.07) is -2.02. The average molecular weight is 1420 g/mol. The number of aryl methyl sites for hydroxylation is 2. The molecule has 0 radical (unpaired) electrons. The lowest BCUT2D eigenvalue weighted by Gasteiger charge is -2.56. The van der Waals surface area contributed by atoms with E-state index in [1.54, 1.807) is 4.90 Å². The van der Waals surface area contributed by atoms with Gasteiger partial charge >= 0.3 is 30.4 Å². The number of urea groups is 3. The molecule has 9 aliphatic rings. The second-order valence-electron chi connectivity index (χ2n) is 25.9. The molecule has 0 unspecified atom stereocenters. The molecule has 14 rings (SSSR count). The van der Waals surface area contributed by atoms with Crippen molar-refractivity contribution in [3.8, 4) is 22.8 Å². The number of ether oxygens (including phenoxy) is 2. The summed E-state index contributed by atoms with van der Waals surface area (Å²) in [7, 11) is 0. The Morgan fingerprint density at radius 2 is 0.870 bits per heavy atom. The van der Waals surface area contributed by atoms with Crippen LogP contribution in [0.3, 0.4) is 0 Å². The molecule has 9 atom stereocenters. The lowest BCUT2D eigenvalue weighted by molar-refractivity contribution is -0.245. The van der Waals surface area contributed by atoms with Crippen LogP contribution >= 0.6 is 0 Å². The van der Waals surface area contributed by atoms with E-state index < -0.39 is 197 Å². The van der Waals surface area contributed by atoms with E-state index in [0.717, 1.165) is 21.9 Å². The minimum absolute atomic E-state index is 0.0174. The van der Waals surface area contributed by atoms with Crippen molar-refractivity contribution >= 4 is 76.4 Å². The van der Waals surface area contributed by atoms with E-state index in [0.29, 0.717) is 13.0 Å². The summed E-state index contributed by atoms with van der Waals surface area (Å²) in [4.78, 5) is 137. The third kappa shape index (κ3) is 11.1. The Hall–Kier alpha value is -10.0. The lowest BCUT2D eigenvalue weighted by atomic mass is 9.62. The van der Waals surface area contributed by atoms with Gasteiger partial charge in [0.1, 0.15) is 5.82 Å². The van der Waals surface area contributed by atoms with Gasteiger partial charge in [-0.05, 0) is 85.4 Å². The number of ketones is 1. The standard InChI is InChI=1S/C21H18F5N5O5.C21H21F2N5O4.C20H19F4N3O5/c1-3-10-15-20(17(32)28-19(34)29-18(20)33)5-8-4-9(16-27-7(2)36-30-16)12(22)13(23)14(8)31(15)6-11(35-10)21(24,25)26;1-8-4-9(2)16-21(18(29)25-20(31)26-19(21)30)6-11-5-12(17-24-10(3)32-27-17)13(22)14(23)15(11)28(16)7-8;1-3-12-15-19(16(29)25-18(31)26-17(19)30)6-10-4-9(8(2)28)5-11(21)14(10)27(15)7-13(32-12)20(22,23)24/h4,10-11,15H,3,5-6H2,1-2H3,(H2,28,29,32,33,34);5,8-9,16H,4,6-7H2,1-3H3,(H2,25,26,29,30,31);4-5,12-13,15H,3,6-7H2,1-2H3,(H2,25,26,29,30,31)/t10-,11-,15+;8-,9+,16+;12-,13-,15+/m000/s1. The molecule has 5 aromatic rings. The highest BCUT2D eigenvalue weighted by atomic mass is 19.4. The Labute approximate surface area is 556 Å². The number of nitrogens with zero attached hydrogens (tertiary/aromatic N) is 7. The maximum absolute atomic E-state index is 15.6. The van der Waals surface area contributed by atoms with E-state index in [-0.39, 0.29) is 93.7 Å². The molecule has 3 spiro atoms. The van der Waals surface area contributed by atoms with Crippen molar-refractivity contribution in [2.24, 2.45) is 28.1 Å². The minimum Gasteiger partial charge on any atom is -0.364 e. The molecule has 0 saturated carbocycles. The number of barbiturate groups is 3. The number of Topliss-reactive ketones (excluding diaryl/α,β-unsaturated/α-hetero) is 1. The number of benzene rings is 3. The Bertz CT molecular complexity index is 4310. The highest BCUT2D eigenvalue weighted by Crippen LogP contribution is 2.55. The highest BCUT2D eigenvalue weighted by Gasteiger charge is 2.68. The van der Waals surface area contributed by atoms with Crippen LogP contribution in [-0.2, 0) is 57.5 Å². The first-order valence-electron chi connectivity index (χ1n) is 31.1. The molecule has 0 aliphatic carbocycles. The van der Waals surface area contributed by atoms with E-state index in [1.165, 1.54) is 46.8 Å². The van der Waals surface area contributed by atoms with Gasteiger partial charge in [0.2, 0.25) is 58.9 Å². The predicted molar refractivity (Wildman–Crippen MR) is 315 cm³/mol. The number of hydrogen-bond donors (Lipinski definition) is 6. The first kappa shape index (κ1) is 69.9. The molecule has 6 N–H and O–H groups in total. The largest absolute Gasteiger partial charge is 0.416 e. The third-order valence-corrected chi connectivity index (χ3v) is 19.7. The van der Waals surface area contributed by atoms with Crippen molar-refractivity contribution in [2.75, 3.05) is 34.3 Å². The molecule has 100 heavy (non-hydrogen) atoms. The van der Waals surface area contributed by atoms with Crippen LogP contribution in [0.2, 0.25) is 0 Å². The molecule has 6 fully saturated rings. The van der Waals surface area contributed by atoms with Gasteiger partial charge in [-0.3, -0.25) is 65.5 Å². The number of carbonyl (C=O) groups excluding carboxylic acids is 10. The van der Waals surface area contributed by atoms with Crippen LogP contribution in [0.5, 0.6) is 0 Å². The first-order chi connectivity index (χ1) is 46.9. The van der Waals surface area contributed by atoms with Crippen LogP contribution in [0.15, 0.2) is 33.3 Å². The number of piperidine rings is 1. The summed E-state index contributed by atoms with van der Waals surface area (Å²) in [5, 5.41) is 19.6. The monoisotopic (exact) mass is 1420 g/mol. The summed E-state index contributed by atoms with van der Waals surface area (Å²) >= 11 is 0. The summed E-state index contributed by atoms with van der Waals surface area (Å²) in [6.45, 7) is 9.38. The van der Waals surface area contributed by atoms with Crippen LogP contribution in [0.4, 0.5) is 79.7 Å². The Morgan fingerprint density at radius 3 is 1.21 bits per heavy atom. The van der Waals surface area contributed by atoms with Crippen molar-refractivity contribution in [1.29, 1.82) is 0 Å². The van der Waals surface area contributed by atoms with Gasteiger partial charge < -0.3 is 33.2 Å². The van der Waals surface area contributed by atoms with Gasteiger partial charge in [-0.2, -0.15) is 36.3 Å². The van der Waals surface area contributed by atoms with Crippen molar-refractivity contribution < 1.29 is 115 Å². The molecule has 3 aromatic carbocycles. The van der Waals surface area contributed by atoms with Crippen LogP contribution in [0.25, 0.3) is 22.8 Å².